The Bertz CT molecular complexity index is 407. The fourth-order valence-corrected chi connectivity index (χ4v) is 2.58. The summed E-state index contributed by atoms with van der Waals surface area (Å²) >= 11 is 2.21. The van der Waals surface area contributed by atoms with Gasteiger partial charge in [-0.2, -0.15) is 0 Å². The van der Waals surface area contributed by atoms with Crippen molar-refractivity contribution < 1.29 is 15.0 Å². The summed E-state index contributed by atoms with van der Waals surface area (Å²) in [6, 6.07) is 4.01. The number of aromatic hydroxyl groups is 2. The summed E-state index contributed by atoms with van der Waals surface area (Å²) in [6.45, 7) is 4.06. The highest BCUT2D eigenvalue weighted by Gasteiger charge is 2.18. The van der Waals surface area contributed by atoms with E-state index in [0.717, 1.165) is 10.5 Å². The van der Waals surface area contributed by atoms with Crippen LogP contribution >= 0.6 is 22.6 Å². The predicted molar refractivity (Wildman–Crippen MR) is 74.8 cm³/mol. The Hall–Kier alpha value is -0.980. The minimum absolute atomic E-state index is 0.0617. The van der Waals surface area contributed by atoms with Gasteiger partial charge in [-0.1, -0.05) is 36.4 Å². The van der Waals surface area contributed by atoms with Crippen molar-refractivity contribution in [3.05, 3.63) is 23.8 Å². The molecule has 0 spiro atoms. The van der Waals surface area contributed by atoms with E-state index in [0.29, 0.717) is 5.92 Å². The second-order valence-corrected chi connectivity index (χ2v) is 5.06. The van der Waals surface area contributed by atoms with Crippen LogP contribution in [-0.2, 0) is 0 Å². The number of carbonyl (C=O) groups is 1. The summed E-state index contributed by atoms with van der Waals surface area (Å²) in [7, 11) is 0. The van der Waals surface area contributed by atoms with Gasteiger partial charge in [-0.25, -0.2) is 0 Å². The normalized spacial score (nSPS) is 12.5. The van der Waals surface area contributed by atoms with Crippen LogP contribution in [0, 0.1) is 5.92 Å². The third kappa shape index (κ3) is 3.76. The van der Waals surface area contributed by atoms with Crippen LogP contribution in [0.15, 0.2) is 18.2 Å². The molecule has 1 aromatic carbocycles. The largest absolute Gasteiger partial charge is 0.508 e. The lowest BCUT2D eigenvalue weighted by molar-refractivity contribution is 0.0929. The number of hydrogen-bond donors (Lipinski definition) is 3. The van der Waals surface area contributed by atoms with E-state index in [4.69, 9.17) is 5.11 Å². The first-order valence-corrected chi connectivity index (χ1v) is 6.87. The number of alkyl halides is 1. The van der Waals surface area contributed by atoms with E-state index in [1.165, 1.54) is 12.1 Å². The Morgan fingerprint density at radius 1 is 1.41 bits per heavy atom. The Morgan fingerprint density at radius 3 is 2.53 bits per heavy atom. The highest BCUT2D eigenvalue weighted by atomic mass is 127. The third-order valence-corrected chi connectivity index (χ3v) is 3.46. The number of phenols is 2. The molecule has 0 bridgehead atoms. The molecule has 0 aliphatic heterocycles. The van der Waals surface area contributed by atoms with Crippen molar-refractivity contribution in [2.75, 3.05) is 4.43 Å². The number of hydrogen-bond acceptors (Lipinski definition) is 3. The van der Waals surface area contributed by atoms with E-state index in [2.05, 4.69) is 27.9 Å². The van der Waals surface area contributed by atoms with Crippen molar-refractivity contribution in [3.63, 3.8) is 0 Å². The van der Waals surface area contributed by atoms with Gasteiger partial charge in [0.05, 0.1) is 5.56 Å². The minimum Gasteiger partial charge on any atom is -0.508 e. The Balaban J connectivity index is 2.82. The minimum atomic E-state index is -0.321. The molecule has 1 aromatic rings. The van der Waals surface area contributed by atoms with Gasteiger partial charge in [-0.3, -0.25) is 4.79 Å². The lowest BCUT2D eigenvalue weighted by Gasteiger charge is -2.20. The molecule has 0 aliphatic rings. The van der Waals surface area contributed by atoms with Gasteiger partial charge in [0.2, 0.25) is 0 Å². The number of phenolic OH excluding ortho intramolecular Hbond substituents is 2. The van der Waals surface area contributed by atoms with Gasteiger partial charge < -0.3 is 15.5 Å². The number of nitrogens with one attached hydrogen (secondary N) is 1. The molecule has 1 rings (SSSR count). The molecular weight excluding hydrogens is 333 g/mol. The number of amides is 1. The van der Waals surface area contributed by atoms with E-state index in [9.17, 15) is 9.90 Å². The average molecular weight is 349 g/mol. The summed E-state index contributed by atoms with van der Waals surface area (Å²) in [5, 5.41) is 21.6. The maximum Gasteiger partial charge on any atom is 0.255 e. The standard InChI is InChI=1S/C12H16INO3/c1-7(2)10(6-13)14-12(17)9-4-3-8(15)5-11(9)16/h3-5,7,10,15-16H,6H2,1-2H3,(H,14,17). The molecule has 5 heteroatoms. The summed E-state index contributed by atoms with van der Waals surface area (Å²) in [6.07, 6.45) is 0. The molecule has 1 amide bonds. The van der Waals surface area contributed by atoms with Crippen LogP contribution in [0.1, 0.15) is 24.2 Å². The summed E-state index contributed by atoms with van der Waals surface area (Å²) in [5.41, 5.74) is 0.179. The van der Waals surface area contributed by atoms with Crippen molar-refractivity contribution in [3.8, 4) is 11.5 Å². The van der Waals surface area contributed by atoms with Crippen molar-refractivity contribution in [1.29, 1.82) is 0 Å². The second-order valence-electron chi connectivity index (χ2n) is 4.18. The zero-order valence-corrected chi connectivity index (χ0v) is 11.9. The monoisotopic (exact) mass is 349 g/mol. The Kier molecular flexibility index (Phi) is 5.04. The van der Waals surface area contributed by atoms with Crippen LogP contribution in [-0.4, -0.2) is 26.6 Å². The molecular formula is C12H16INO3. The van der Waals surface area contributed by atoms with Crippen molar-refractivity contribution >= 4 is 28.5 Å². The zero-order valence-electron chi connectivity index (χ0n) is 9.77. The second kappa shape index (κ2) is 6.09. The first-order valence-electron chi connectivity index (χ1n) is 5.34. The van der Waals surface area contributed by atoms with Gasteiger partial charge in [0.25, 0.3) is 5.91 Å². The molecule has 4 nitrogen and oxygen atoms in total. The van der Waals surface area contributed by atoms with E-state index in [1.807, 2.05) is 13.8 Å². The molecule has 0 aromatic heterocycles. The van der Waals surface area contributed by atoms with Crippen molar-refractivity contribution in [2.45, 2.75) is 19.9 Å². The Morgan fingerprint density at radius 2 is 2.06 bits per heavy atom. The molecule has 0 saturated carbocycles. The quantitative estimate of drug-likeness (QED) is 0.577. The van der Waals surface area contributed by atoms with Gasteiger partial charge in [-0.15, -0.1) is 0 Å². The molecule has 0 fully saturated rings. The van der Waals surface area contributed by atoms with Crippen LogP contribution in [0.5, 0.6) is 11.5 Å². The summed E-state index contributed by atoms with van der Waals surface area (Å²) < 4.78 is 0.806. The summed E-state index contributed by atoms with van der Waals surface area (Å²) in [4.78, 5) is 11.9. The summed E-state index contributed by atoms with van der Waals surface area (Å²) in [5.74, 6) is -0.264. The number of rotatable bonds is 4. The van der Waals surface area contributed by atoms with Crippen LogP contribution in [0.25, 0.3) is 0 Å². The van der Waals surface area contributed by atoms with Gasteiger partial charge in [0.1, 0.15) is 11.5 Å². The molecule has 0 radical (unpaired) electrons. The smallest absolute Gasteiger partial charge is 0.255 e. The third-order valence-electron chi connectivity index (χ3n) is 2.51. The van der Waals surface area contributed by atoms with E-state index < -0.39 is 0 Å². The number of benzene rings is 1. The van der Waals surface area contributed by atoms with Crippen molar-refractivity contribution in [2.24, 2.45) is 5.92 Å². The van der Waals surface area contributed by atoms with Crippen molar-refractivity contribution in [1.82, 2.24) is 5.32 Å². The SMILES string of the molecule is CC(C)C(CI)NC(=O)c1ccc(O)cc1O. The maximum atomic E-state index is 11.9. The highest BCUT2D eigenvalue weighted by molar-refractivity contribution is 14.1. The van der Waals surface area contributed by atoms with E-state index in [-0.39, 0.29) is 29.0 Å². The van der Waals surface area contributed by atoms with Crippen LogP contribution < -0.4 is 5.32 Å². The van der Waals surface area contributed by atoms with E-state index >= 15 is 0 Å². The fraction of sp³-hybridized carbons (Fsp3) is 0.417. The zero-order chi connectivity index (χ0) is 13.0. The maximum absolute atomic E-state index is 11.9. The lowest BCUT2D eigenvalue weighted by atomic mass is 10.1. The fourth-order valence-electron chi connectivity index (χ4n) is 1.34. The first kappa shape index (κ1) is 14.1. The van der Waals surface area contributed by atoms with Gasteiger partial charge >= 0.3 is 0 Å². The molecule has 0 heterocycles. The highest BCUT2D eigenvalue weighted by Crippen LogP contribution is 2.22. The van der Waals surface area contributed by atoms with Gasteiger partial charge in [0.15, 0.2) is 0 Å². The topological polar surface area (TPSA) is 69.6 Å². The molecule has 1 unspecified atom stereocenters. The Labute approximate surface area is 114 Å². The van der Waals surface area contributed by atoms with Gasteiger partial charge in [0, 0.05) is 16.5 Å². The van der Waals surface area contributed by atoms with Crippen LogP contribution in [0.2, 0.25) is 0 Å². The lowest BCUT2D eigenvalue weighted by Crippen LogP contribution is -2.39. The molecule has 3 N–H and O–H groups in total. The molecule has 1 atom stereocenters. The molecule has 94 valence electrons. The van der Waals surface area contributed by atoms with Gasteiger partial charge in [-0.05, 0) is 18.1 Å². The number of carbonyl (C=O) groups excluding carboxylic acids is 1. The molecule has 0 saturated heterocycles. The average Bonchev–Trinajstić information content (AvgIpc) is 2.24. The number of halogens is 1. The van der Waals surface area contributed by atoms with E-state index in [1.54, 1.807) is 0 Å². The van der Waals surface area contributed by atoms with Crippen LogP contribution in [0.3, 0.4) is 0 Å². The van der Waals surface area contributed by atoms with Crippen LogP contribution in [0.4, 0.5) is 0 Å². The first-order chi connectivity index (χ1) is 7.95. The predicted octanol–water partition coefficient (Wildman–Crippen LogP) is 2.29. The molecule has 17 heavy (non-hydrogen) atoms. The molecule has 0 aliphatic carbocycles.